The van der Waals surface area contributed by atoms with Crippen molar-refractivity contribution in [1.29, 1.82) is 0 Å². The summed E-state index contributed by atoms with van der Waals surface area (Å²) in [5.41, 5.74) is 7.13. The number of carbonyl (C=O) groups excluding carboxylic acids is 4. The molecule has 0 saturated carbocycles. The number of β-lactam (4-membered cyclic amide) rings is 1. The van der Waals surface area contributed by atoms with E-state index in [1.807, 2.05) is 0 Å². The fourth-order valence-corrected chi connectivity index (χ4v) is 5.98. The maximum Gasteiger partial charge on any atom is 1.00 e. The Kier molecular flexibility index (Phi) is 8.92. The predicted octanol–water partition coefficient (Wildman–Crippen LogP) is -2.26. The number of ether oxygens (including phenoxy) is 1. The van der Waals surface area contributed by atoms with Gasteiger partial charge in [-0.05, 0) is 37.1 Å². The summed E-state index contributed by atoms with van der Waals surface area (Å²) < 4.78 is 4.45. The molecule has 3 N–H and O–H groups in total. The van der Waals surface area contributed by atoms with Gasteiger partial charge in [-0.15, -0.1) is 11.8 Å². The van der Waals surface area contributed by atoms with E-state index in [0.717, 1.165) is 16.7 Å². The van der Waals surface area contributed by atoms with Crippen LogP contribution in [0.25, 0.3) is 0 Å². The second kappa shape index (κ2) is 11.2. The van der Waals surface area contributed by atoms with Crippen LogP contribution in [-0.4, -0.2) is 61.0 Å². The van der Waals surface area contributed by atoms with Gasteiger partial charge in [-0.1, -0.05) is 42.5 Å². The average molecular weight is 538 g/mol. The number of phenols is 1. The molecule has 2 heterocycles. The van der Waals surface area contributed by atoms with Gasteiger partial charge in [0.1, 0.15) is 23.8 Å². The van der Waals surface area contributed by atoms with Crippen LogP contribution in [0.15, 0.2) is 54.6 Å². The third-order valence-electron chi connectivity index (χ3n) is 6.07. The molecule has 4 rings (SSSR count). The Hall–Kier alpha value is -1.93. The van der Waals surface area contributed by atoms with Crippen LogP contribution in [0.1, 0.15) is 31.0 Å². The Balaban J connectivity index is 0.00000361. The number of thioether (sulfide) groups is 1. The molecule has 0 spiro atoms. The molecular formula is C24H24KN3O7S. The summed E-state index contributed by atoms with van der Waals surface area (Å²) in [6, 6.07) is 10.5. The molecule has 1 unspecified atom stereocenters. The van der Waals surface area contributed by atoms with E-state index in [2.05, 4.69) is 0 Å². The first-order chi connectivity index (χ1) is 16.5. The molecule has 184 valence electrons. The van der Waals surface area contributed by atoms with Crippen LogP contribution in [0.2, 0.25) is 0 Å². The maximum absolute atomic E-state index is 13.5. The van der Waals surface area contributed by atoms with Gasteiger partial charge in [-0.25, -0.2) is 9.69 Å². The predicted molar refractivity (Wildman–Crippen MR) is 123 cm³/mol. The first-order valence-electron chi connectivity index (χ1n) is 10.8. The third-order valence-corrected chi connectivity index (χ3v) is 7.63. The molecule has 0 aromatic heterocycles. The van der Waals surface area contributed by atoms with Gasteiger partial charge in [0.05, 0.1) is 12.0 Å². The minimum absolute atomic E-state index is 0. The second-order valence-electron chi connectivity index (χ2n) is 8.84. The topological polar surface area (TPSA) is 153 Å². The van der Waals surface area contributed by atoms with Crippen molar-refractivity contribution >= 4 is 35.6 Å². The van der Waals surface area contributed by atoms with E-state index < -0.39 is 52.1 Å². The number of rotatable bonds is 6. The number of hydrogen-bond donors (Lipinski definition) is 2. The molecule has 12 heteroatoms. The van der Waals surface area contributed by atoms with Crippen molar-refractivity contribution in [2.45, 2.75) is 48.7 Å². The van der Waals surface area contributed by atoms with Gasteiger partial charge in [0.2, 0.25) is 0 Å². The van der Waals surface area contributed by atoms with Crippen molar-refractivity contribution in [3.8, 4) is 5.75 Å². The summed E-state index contributed by atoms with van der Waals surface area (Å²) in [6.07, 6.45) is -1.07. The molecular weight excluding hydrogens is 513 g/mol. The number of carbonyl (C=O) groups is 4. The van der Waals surface area contributed by atoms with Gasteiger partial charge < -0.3 is 30.4 Å². The maximum atomic E-state index is 13.5. The van der Waals surface area contributed by atoms with Crippen molar-refractivity contribution < 1.29 is 85.5 Å². The van der Waals surface area contributed by atoms with Crippen LogP contribution >= 0.6 is 11.8 Å². The van der Waals surface area contributed by atoms with Gasteiger partial charge in [0, 0.05) is 4.75 Å². The molecule has 4 atom stereocenters. The SMILES string of the molecule is CC1(C)S[C@@H]2[C@H](N(C(=O)OCc3ccccc3)C(=O)C(N)c3ccc(O)cc3)C(=O)N2[C@H]1C(=O)[O-].[K+]. The van der Waals surface area contributed by atoms with E-state index in [-0.39, 0.29) is 63.7 Å². The van der Waals surface area contributed by atoms with E-state index in [1.54, 1.807) is 44.2 Å². The van der Waals surface area contributed by atoms with Crippen molar-refractivity contribution in [3.05, 3.63) is 65.7 Å². The zero-order valence-corrected chi connectivity index (χ0v) is 23.9. The van der Waals surface area contributed by atoms with Gasteiger partial charge in [-0.3, -0.25) is 9.59 Å². The van der Waals surface area contributed by atoms with Crippen molar-refractivity contribution in [2.24, 2.45) is 5.73 Å². The number of hydrogen-bond acceptors (Lipinski definition) is 9. The van der Waals surface area contributed by atoms with Gasteiger partial charge in [0.15, 0.2) is 6.04 Å². The molecule has 10 nitrogen and oxygen atoms in total. The van der Waals surface area contributed by atoms with Crippen LogP contribution < -0.4 is 62.2 Å². The van der Waals surface area contributed by atoms with E-state index >= 15 is 0 Å². The number of amides is 3. The van der Waals surface area contributed by atoms with Gasteiger partial charge in [-0.2, -0.15) is 0 Å². The zero-order chi connectivity index (χ0) is 25.5. The number of aromatic hydroxyl groups is 1. The normalized spacial score (nSPS) is 22.5. The van der Waals surface area contributed by atoms with Crippen LogP contribution in [-0.2, 0) is 25.7 Å². The fraction of sp³-hybridized carbons (Fsp3) is 0.333. The van der Waals surface area contributed by atoms with E-state index in [1.165, 1.54) is 24.3 Å². The number of phenolic OH excluding ortho intramolecular Hbond substituents is 1. The molecule has 2 aliphatic rings. The Bertz CT molecular complexity index is 1160. The zero-order valence-electron chi connectivity index (χ0n) is 20.0. The van der Waals surface area contributed by atoms with Gasteiger partial charge >= 0.3 is 57.5 Å². The average Bonchev–Trinajstić information content (AvgIpc) is 3.08. The molecule has 2 fully saturated rings. The Labute approximate surface area is 254 Å². The second-order valence-corrected chi connectivity index (χ2v) is 10.6. The van der Waals surface area contributed by atoms with E-state index in [0.29, 0.717) is 16.0 Å². The standard InChI is InChI=1S/C24H25N3O7S.K/c1-24(2)18(22(31)32)27-20(30)17(21(27)35-24)26(23(33)34-12-13-6-4-3-5-7-13)19(29)16(25)14-8-10-15(28)11-9-14;/h3-11,16-18,21,28H,12,25H2,1-2H3,(H,31,32);/q;+1/p-1/t16?,17-,18+,21-;/m1./s1. The molecule has 2 saturated heterocycles. The Morgan fingerprint density at radius 2 is 1.78 bits per heavy atom. The summed E-state index contributed by atoms with van der Waals surface area (Å²) in [6.45, 7) is 3.17. The molecule has 0 radical (unpaired) electrons. The van der Waals surface area contributed by atoms with E-state index in [4.69, 9.17) is 10.5 Å². The monoisotopic (exact) mass is 537 g/mol. The fourth-order valence-electron chi connectivity index (χ4n) is 4.31. The number of aliphatic carboxylic acids is 1. The molecule has 36 heavy (non-hydrogen) atoms. The van der Waals surface area contributed by atoms with E-state index in [9.17, 15) is 29.4 Å². The summed E-state index contributed by atoms with van der Waals surface area (Å²) in [5.74, 6) is -3.04. The number of fused-ring (bicyclic) bond motifs is 1. The van der Waals surface area contributed by atoms with Crippen molar-refractivity contribution in [2.75, 3.05) is 0 Å². The number of nitrogens with zero attached hydrogens (tertiary/aromatic N) is 2. The first-order valence-corrected chi connectivity index (χ1v) is 11.7. The molecule has 2 aliphatic heterocycles. The molecule has 0 aliphatic carbocycles. The van der Waals surface area contributed by atoms with Crippen LogP contribution in [0.4, 0.5) is 4.79 Å². The Morgan fingerprint density at radius 3 is 2.36 bits per heavy atom. The Morgan fingerprint density at radius 1 is 1.17 bits per heavy atom. The number of carboxylic acid groups (broad SMARTS) is 1. The van der Waals surface area contributed by atoms with Gasteiger partial charge in [0.25, 0.3) is 11.8 Å². The summed E-state index contributed by atoms with van der Waals surface area (Å²) >= 11 is 1.16. The van der Waals surface area contributed by atoms with Crippen molar-refractivity contribution in [1.82, 2.24) is 9.80 Å². The summed E-state index contributed by atoms with van der Waals surface area (Å²) in [5, 5.41) is 20.5. The third kappa shape index (κ3) is 5.35. The minimum atomic E-state index is -1.41. The first kappa shape index (κ1) is 28.6. The largest absolute Gasteiger partial charge is 1.00 e. The van der Waals surface area contributed by atoms with Crippen LogP contribution in [0.3, 0.4) is 0 Å². The molecule has 3 amide bonds. The van der Waals surface area contributed by atoms with Crippen LogP contribution in [0, 0.1) is 0 Å². The number of carboxylic acids is 1. The van der Waals surface area contributed by atoms with Crippen molar-refractivity contribution in [3.63, 3.8) is 0 Å². The molecule has 0 bridgehead atoms. The van der Waals surface area contributed by atoms with Crippen LogP contribution in [0.5, 0.6) is 5.75 Å². The number of imide groups is 1. The summed E-state index contributed by atoms with van der Waals surface area (Å²) in [4.78, 5) is 53.3. The number of benzene rings is 2. The summed E-state index contributed by atoms with van der Waals surface area (Å²) in [7, 11) is 0. The number of nitrogens with two attached hydrogens (primary N) is 1. The minimum Gasteiger partial charge on any atom is -0.548 e. The smallest absolute Gasteiger partial charge is 0.548 e. The quantitative estimate of drug-likeness (QED) is 0.307. The molecule has 2 aromatic rings. The molecule has 2 aromatic carbocycles.